The number of hydrogen-bond acceptors (Lipinski definition) is 4. The highest BCUT2D eigenvalue weighted by molar-refractivity contribution is 6.29. The highest BCUT2D eigenvalue weighted by Crippen LogP contribution is 2.21. The van der Waals surface area contributed by atoms with Crippen LogP contribution in [-0.2, 0) is 13.0 Å². The lowest BCUT2D eigenvalue weighted by molar-refractivity contribution is 0.292. The first kappa shape index (κ1) is 19.0. The maximum atomic E-state index is 13.7. The first-order valence-electron chi connectivity index (χ1n) is 8.20. The Morgan fingerprint density at radius 1 is 1.15 bits per heavy atom. The molecule has 0 aliphatic heterocycles. The van der Waals surface area contributed by atoms with Crippen molar-refractivity contribution in [3.05, 3.63) is 80.8 Å². The maximum Gasteiger partial charge on any atom is 0.259 e. The summed E-state index contributed by atoms with van der Waals surface area (Å²) in [5.41, 5.74) is 1.76. The number of aromatic nitrogens is 3. The topological polar surface area (TPSA) is 57.0 Å². The molecule has 3 aromatic heterocycles. The second-order valence-electron chi connectivity index (χ2n) is 5.87. The van der Waals surface area contributed by atoms with Crippen molar-refractivity contribution < 1.29 is 13.5 Å². The highest BCUT2D eigenvalue weighted by Gasteiger charge is 2.12. The molecule has 0 aliphatic carbocycles. The van der Waals surface area contributed by atoms with Crippen LogP contribution in [0.3, 0.4) is 0 Å². The fraction of sp³-hybridized carbons (Fsp3) is 0.211. The molecular weight excluding hydrogens is 376 g/mol. The first-order chi connectivity index (χ1) is 12.9. The quantitative estimate of drug-likeness (QED) is 0.617. The van der Waals surface area contributed by atoms with E-state index in [9.17, 15) is 13.6 Å². The Kier molecular flexibility index (Phi) is 5.51. The zero-order valence-electron chi connectivity index (χ0n) is 14.7. The largest absolute Gasteiger partial charge is 0.487 e. The molecular formula is C19H16ClF2N3O2. The van der Waals surface area contributed by atoms with Crippen molar-refractivity contribution >= 4 is 11.6 Å². The van der Waals surface area contributed by atoms with Gasteiger partial charge in [0.05, 0.1) is 11.9 Å². The van der Waals surface area contributed by atoms with E-state index in [1.807, 2.05) is 6.92 Å². The van der Waals surface area contributed by atoms with Crippen LogP contribution in [0.25, 0.3) is 5.69 Å². The van der Waals surface area contributed by atoms with Gasteiger partial charge in [0.15, 0.2) is 5.82 Å². The zero-order valence-corrected chi connectivity index (χ0v) is 15.4. The monoisotopic (exact) mass is 391 g/mol. The zero-order chi connectivity index (χ0) is 19.6. The van der Waals surface area contributed by atoms with Gasteiger partial charge in [0.1, 0.15) is 29.0 Å². The van der Waals surface area contributed by atoms with Gasteiger partial charge < -0.3 is 4.74 Å². The predicted molar refractivity (Wildman–Crippen MR) is 97.4 cm³/mol. The highest BCUT2D eigenvalue weighted by atomic mass is 35.5. The van der Waals surface area contributed by atoms with E-state index in [-0.39, 0.29) is 28.8 Å². The van der Waals surface area contributed by atoms with Crippen LogP contribution in [0.4, 0.5) is 8.78 Å². The Balaban J connectivity index is 1.92. The Labute approximate surface area is 159 Å². The van der Waals surface area contributed by atoms with Crippen molar-refractivity contribution in [3.8, 4) is 11.4 Å². The van der Waals surface area contributed by atoms with Gasteiger partial charge in [0.2, 0.25) is 0 Å². The van der Waals surface area contributed by atoms with Crippen LogP contribution in [0.15, 0.2) is 41.5 Å². The van der Waals surface area contributed by atoms with Gasteiger partial charge in [0, 0.05) is 30.1 Å². The van der Waals surface area contributed by atoms with Gasteiger partial charge in [-0.1, -0.05) is 18.5 Å². The van der Waals surface area contributed by atoms with E-state index in [2.05, 4.69) is 9.97 Å². The van der Waals surface area contributed by atoms with Gasteiger partial charge in [0.25, 0.3) is 5.56 Å². The summed E-state index contributed by atoms with van der Waals surface area (Å²) in [4.78, 5) is 20.3. The molecule has 27 heavy (non-hydrogen) atoms. The Morgan fingerprint density at radius 2 is 1.93 bits per heavy atom. The Bertz CT molecular complexity index is 1050. The molecule has 3 heterocycles. The first-order valence-corrected chi connectivity index (χ1v) is 8.58. The van der Waals surface area contributed by atoms with E-state index in [1.165, 1.54) is 10.6 Å². The molecule has 0 unspecified atom stereocenters. The number of pyridine rings is 3. The van der Waals surface area contributed by atoms with Gasteiger partial charge in [-0.25, -0.2) is 13.8 Å². The van der Waals surface area contributed by atoms with Gasteiger partial charge in [-0.2, -0.15) is 0 Å². The van der Waals surface area contributed by atoms with Crippen molar-refractivity contribution in [2.45, 2.75) is 26.9 Å². The molecule has 0 saturated carbocycles. The predicted octanol–water partition coefficient (Wildman–Crippen LogP) is 4.01. The average Bonchev–Trinajstić information content (AvgIpc) is 2.60. The minimum atomic E-state index is -0.806. The van der Waals surface area contributed by atoms with Gasteiger partial charge >= 0.3 is 0 Å². The van der Waals surface area contributed by atoms with Crippen molar-refractivity contribution in [1.29, 1.82) is 0 Å². The van der Waals surface area contributed by atoms with Gasteiger partial charge in [-0.3, -0.25) is 14.3 Å². The smallest absolute Gasteiger partial charge is 0.259 e. The van der Waals surface area contributed by atoms with E-state index in [0.29, 0.717) is 17.8 Å². The molecule has 140 valence electrons. The van der Waals surface area contributed by atoms with Crippen LogP contribution in [0.2, 0.25) is 5.15 Å². The van der Waals surface area contributed by atoms with Crippen LogP contribution in [-0.4, -0.2) is 14.5 Å². The lowest BCUT2D eigenvalue weighted by Gasteiger charge is -2.15. The number of hydrogen-bond donors (Lipinski definition) is 0. The molecule has 3 aromatic rings. The molecule has 0 bridgehead atoms. The molecule has 0 saturated heterocycles. The summed E-state index contributed by atoms with van der Waals surface area (Å²) in [7, 11) is 0. The Morgan fingerprint density at radius 3 is 2.59 bits per heavy atom. The lowest BCUT2D eigenvalue weighted by Crippen LogP contribution is -2.21. The molecule has 0 fully saturated rings. The third-order valence-electron chi connectivity index (χ3n) is 4.00. The fourth-order valence-corrected chi connectivity index (χ4v) is 2.85. The van der Waals surface area contributed by atoms with E-state index < -0.39 is 11.6 Å². The van der Waals surface area contributed by atoms with E-state index in [4.69, 9.17) is 16.3 Å². The van der Waals surface area contributed by atoms with Crippen molar-refractivity contribution in [2.75, 3.05) is 0 Å². The third-order valence-corrected chi connectivity index (χ3v) is 4.21. The normalized spacial score (nSPS) is 10.9. The van der Waals surface area contributed by atoms with Crippen LogP contribution >= 0.6 is 11.6 Å². The summed E-state index contributed by atoms with van der Waals surface area (Å²) >= 11 is 5.98. The second-order valence-corrected chi connectivity index (χ2v) is 6.25. The summed E-state index contributed by atoms with van der Waals surface area (Å²) in [6.45, 7) is 3.48. The molecule has 0 amide bonds. The SMILES string of the molecule is CCc1cnc(Cl)cc1-n1c(C)cc(OCc2ncc(F)cc2F)cc1=O. The summed E-state index contributed by atoms with van der Waals surface area (Å²) < 4.78 is 33.5. The minimum Gasteiger partial charge on any atom is -0.487 e. The van der Waals surface area contributed by atoms with Gasteiger partial charge in [-0.15, -0.1) is 0 Å². The fourth-order valence-electron chi connectivity index (χ4n) is 2.69. The molecule has 0 radical (unpaired) electrons. The molecule has 0 aromatic carbocycles. The standard InChI is InChI=1S/C19H16ClF2N3O2/c1-3-12-8-24-18(20)7-17(12)25-11(2)4-14(6-19(25)26)27-10-16-15(22)5-13(21)9-23-16/h4-9H,3,10H2,1-2H3. The molecule has 5 nitrogen and oxygen atoms in total. The second kappa shape index (κ2) is 7.84. The third kappa shape index (κ3) is 4.14. The summed E-state index contributed by atoms with van der Waals surface area (Å²) in [5, 5.41) is 0.284. The minimum absolute atomic E-state index is 0.0487. The van der Waals surface area contributed by atoms with Crippen LogP contribution in [0.1, 0.15) is 23.9 Å². The van der Waals surface area contributed by atoms with E-state index in [0.717, 1.165) is 17.8 Å². The van der Waals surface area contributed by atoms with Crippen LogP contribution in [0.5, 0.6) is 5.75 Å². The summed E-state index contributed by atoms with van der Waals surface area (Å²) in [5.74, 6) is -1.31. The van der Waals surface area contributed by atoms with E-state index in [1.54, 1.807) is 25.3 Å². The maximum absolute atomic E-state index is 13.7. The van der Waals surface area contributed by atoms with E-state index >= 15 is 0 Å². The van der Waals surface area contributed by atoms with Crippen molar-refractivity contribution in [3.63, 3.8) is 0 Å². The number of nitrogens with zero attached hydrogens (tertiary/aromatic N) is 3. The lowest BCUT2D eigenvalue weighted by atomic mass is 10.1. The van der Waals surface area contributed by atoms with Crippen LogP contribution in [0, 0.1) is 18.6 Å². The van der Waals surface area contributed by atoms with Crippen LogP contribution < -0.4 is 10.3 Å². The molecule has 8 heteroatoms. The molecule has 0 atom stereocenters. The van der Waals surface area contributed by atoms with Crippen molar-refractivity contribution in [2.24, 2.45) is 0 Å². The number of halogens is 3. The van der Waals surface area contributed by atoms with Gasteiger partial charge in [-0.05, 0) is 25.0 Å². The molecule has 0 spiro atoms. The average molecular weight is 392 g/mol. The summed E-state index contributed by atoms with van der Waals surface area (Å²) in [6, 6.07) is 5.31. The Hall–Kier alpha value is -2.80. The molecule has 0 aliphatic rings. The summed E-state index contributed by atoms with van der Waals surface area (Å²) in [6.07, 6.45) is 3.22. The van der Waals surface area contributed by atoms with Crippen molar-refractivity contribution in [1.82, 2.24) is 14.5 Å². The molecule has 3 rings (SSSR count). The molecule has 0 N–H and O–H groups in total. The number of aryl methyl sites for hydroxylation is 2. The number of ether oxygens (including phenoxy) is 1. The number of rotatable bonds is 5.